The van der Waals surface area contributed by atoms with Crippen molar-refractivity contribution in [1.82, 2.24) is 5.32 Å². The van der Waals surface area contributed by atoms with E-state index in [2.05, 4.69) is 11.2 Å². The van der Waals surface area contributed by atoms with E-state index < -0.39 is 0 Å². The quantitative estimate of drug-likeness (QED) is 0.561. The number of rotatable bonds is 2. The smallest absolute Gasteiger partial charge is 0.254 e. The number of nitrogen functional groups attached to an aromatic ring is 1. The predicted molar refractivity (Wildman–Crippen MR) is 61.4 cm³/mol. The van der Waals surface area contributed by atoms with E-state index in [0.717, 1.165) is 5.56 Å². The summed E-state index contributed by atoms with van der Waals surface area (Å²) in [6, 6.07) is 5.05. The van der Waals surface area contributed by atoms with Crippen LogP contribution in [0.1, 0.15) is 22.8 Å². The highest BCUT2D eigenvalue weighted by Crippen LogP contribution is 2.15. The monoisotopic (exact) mass is 202 g/mol. The van der Waals surface area contributed by atoms with E-state index in [4.69, 9.17) is 12.2 Å². The lowest BCUT2D eigenvalue weighted by Crippen LogP contribution is -2.32. The normalized spacial score (nSPS) is 11.5. The molecule has 0 saturated heterocycles. The molecule has 0 fully saturated rings. The van der Waals surface area contributed by atoms with Crippen LogP contribution in [0.5, 0.6) is 0 Å². The number of carbonyl (C=O) groups excluding carboxylic acids is 1. The molecule has 1 amide bonds. The fourth-order valence-corrected chi connectivity index (χ4v) is 1.31. The summed E-state index contributed by atoms with van der Waals surface area (Å²) in [5.41, 5.74) is 7.54. The van der Waals surface area contributed by atoms with Gasteiger partial charge in [0.1, 0.15) is 0 Å². The molecule has 0 saturated carbocycles. The second-order valence-electron chi connectivity index (χ2n) is 3.40. The molecule has 0 aliphatic heterocycles. The van der Waals surface area contributed by atoms with E-state index in [-0.39, 0.29) is 11.9 Å². The minimum absolute atomic E-state index is 0.226. The largest absolute Gasteiger partial charge is 0.398 e. The molecule has 1 rings (SSSR count). The van der Waals surface area contributed by atoms with E-state index in [0.29, 0.717) is 11.3 Å². The second-order valence-corrected chi connectivity index (χ2v) is 3.40. The van der Waals surface area contributed by atoms with Crippen LogP contribution in [-0.2, 0) is 0 Å². The highest BCUT2D eigenvalue weighted by molar-refractivity contribution is 6.00. The van der Waals surface area contributed by atoms with Gasteiger partial charge in [0, 0.05) is 5.69 Å². The maximum atomic E-state index is 11.8. The standard InChI is InChI=1S/C12H14N2O/c1-4-9(3)14-12(15)11-8(2)6-5-7-10(11)13/h1,5-7,9H,13H2,2-3H3,(H,14,15). The summed E-state index contributed by atoms with van der Waals surface area (Å²) in [4.78, 5) is 11.8. The van der Waals surface area contributed by atoms with Gasteiger partial charge < -0.3 is 11.1 Å². The van der Waals surface area contributed by atoms with E-state index in [9.17, 15) is 4.79 Å². The molecule has 1 atom stereocenters. The summed E-state index contributed by atoms with van der Waals surface area (Å²) in [6.07, 6.45) is 5.18. The molecule has 1 aromatic carbocycles. The first-order chi connectivity index (χ1) is 7.06. The number of nitrogens with one attached hydrogen (secondary N) is 1. The Labute approximate surface area is 89.7 Å². The molecule has 3 heteroatoms. The number of carbonyl (C=O) groups is 1. The summed E-state index contributed by atoms with van der Waals surface area (Å²) in [6.45, 7) is 3.58. The van der Waals surface area contributed by atoms with Crippen LogP contribution in [0.25, 0.3) is 0 Å². The molecule has 0 heterocycles. The molecule has 1 aromatic rings. The van der Waals surface area contributed by atoms with Gasteiger partial charge in [0.25, 0.3) is 5.91 Å². The average molecular weight is 202 g/mol. The van der Waals surface area contributed by atoms with Crippen molar-refractivity contribution in [3.63, 3.8) is 0 Å². The van der Waals surface area contributed by atoms with Crippen molar-refractivity contribution in [3.05, 3.63) is 29.3 Å². The minimum atomic E-state index is -0.295. The molecule has 0 aliphatic rings. The number of nitrogens with two attached hydrogens (primary N) is 1. The zero-order valence-electron chi connectivity index (χ0n) is 8.87. The van der Waals surface area contributed by atoms with Gasteiger partial charge in [-0.3, -0.25) is 4.79 Å². The van der Waals surface area contributed by atoms with Gasteiger partial charge >= 0.3 is 0 Å². The Morgan fingerprint density at radius 2 is 2.27 bits per heavy atom. The SMILES string of the molecule is C#CC(C)NC(=O)c1c(C)cccc1N. The number of benzene rings is 1. The fraction of sp³-hybridized carbons (Fsp3) is 0.250. The van der Waals surface area contributed by atoms with Crippen LogP contribution in [-0.4, -0.2) is 11.9 Å². The van der Waals surface area contributed by atoms with Crippen LogP contribution < -0.4 is 11.1 Å². The molecule has 0 bridgehead atoms. The second kappa shape index (κ2) is 4.52. The molecule has 0 aliphatic carbocycles. The molecule has 78 valence electrons. The van der Waals surface area contributed by atoms with Crippen LogP contribution in [0.2, 0.25) is 0 Å². The highest BCUT2D eigenvalue weighted by atomic mass is 16.1. The van der Waals surface area contributed by atoms with Crippen LogP contribution in [0.15, 0.2) is 18.2 Å². The van der Waals surface area contributed by atoms with Crippen molar-refractivity contribution < 1.29 is 4.79 Å². The summed E-state index contributed by atoms with van der Waals surface area (Å²) in [7, 11) is 0. The van der Waals surface area contributed by atoms with Gasteiger partial charge in [-0.1, -0.05) is 18.1 Å². The maximum Gasteiger partial charge on any atom is 0.254 e. The fourth-order valence-electron chi connectivity index (χ4n) is 1.31. The Hall–Kier alpha value is -1.95. The summed E-state index contributed by atoms with van der Waals surface area (Å²) < 4.78 is 0. The third-order valence-corrected chi connectivity index (χ3v) is 2.13. The molecule has 0 radical (unpaired) electrons. The van der Waals surface area contributed by atoms with Crippen LogP contribution in [0.4, 0.5) is 5.69 Å². The van der Waals surface area contributed by atoms with Gasteiger partial charge in [0.2, 0.25) is 0 Å². The van der Waals surface area contributed by atoms with Crippen molar-refractivity contribution in [1.29, 1.82) is 0 Å². The Morgan fingerprint density at radius 1 is 1.60 bits per heavy atom. The molecule has 15 heavy (non-hydrogen) atoms. The van der Waals surface area contributed by atoms with Gasteiger partial charge in [-0.2, -0.15) is 0 Å². The third kappa shape index (κ3) is 2.50. The number of hydrogen-bond acceptors (Lipinski definition) is 2. The summed E-state index contributed by atoms with van der Waals surface area (Å²) in [5, 5.41) is 2.67. The van der Waals surface area contributed by atoms with Crippen LogP contribution >= 0.6 is 0 Å². The first-order valence-electron chi connectivity index (χ1n) is 4.68. The van der Waals surface area contributed by atoms with Gasteiger partial charge in [0.15, 0.2) is 0 Å². The molecule has 0 aromatic heterocycles. The van der Waals surface area contributed by atoms with Crippen LogP contribution in [0.3, 0.4) is 0 Å². The lowest BCUT2D eigenvalue weighted by atomic mass is 10.1. The zero-order chi connectivity index (χ0) is 11.4. The van der Waals surface area contributed by atoms with E-state index in [1.54, 1.807) is 13.0 Å². The lowest BCUT2D eigenvalue weighted by Gasteiger charge is -2.11. The van der Waals surface area contributed by atoms with Crippen molar-refractivity contribution in [3.8, 4) is 12.3 Å². The number of hydrogen-bond donors (Lipinski definition) is 2. The molecule has 3 N–H and O–H groups in total. The highest BCUT2D eigenvalue weighted by Gasteiger charge is 2.13. The topological polar surface area (TPSA) is 55.1 Å². The van der Waals surface area contributed by atoms with Crippen molar-refractivity contribution >= 4 is 11.6 Å². The predicted octanol–water partition coefficient (Wildman–Crippen LogP) is 1.33. The maximum absolute atomic E-state index is 11.8. The number of anilines is 1. The minimum Gasteiger partial charge on any atom is -0.398 e. The molecular weight excluding hydrogens is 188 g/mol. The molecule has 3 nitrogen and oxygen atoms in total. The van der Waals surface area contributed by atoms with Gasteiger partial charge in [-0.25, -0.2) is 0 Å². The summed E-state index contributed by atoms with van der Waals surface area (Å²) >= 11 is 0. The molecule has 0 spiro atoms. The molecular formula is C12H14N2O. The number of amides is 1. The average Bonchev–Trinajstić information content (AvgIpc) is 2.17. The first kappa shape index (κ1) is 11.1. The Bertz CT molecular complexity index is 398. The summed E-state index contributed by atoms with van der Waals surface area (Å²) in [5.74, 6) is 2.21. The number of terminal acetylenes is 1. The van der Waals surface area contributed by atoms with E-state index in [1.165, 1.54) is 0 Å². The van der Waals surface area contributed by atoms with Gasteiger partial charge in [-0.05, 0) is 25.5 Å². The van der Waals surface area contributed by atoms with Crippen molar-refractivity contribution in [2.24, 2.45) is 0 Å². The third-order valence-electron chi connectivity index (χ3n) is 2.13. The first-order valence-corrected chi connectivity index (χ1v) is 4.68. The lowest BCUT2D eigenvalue weighted by molar-refractivity contribution is 0.0948. The zero-order valence-corrected chi connectivity index (χ0v) is 8.87. The van der Waals surface area contributed by atoms with Gasteiger partial charge in [0.05, 0.1) is 11.6 Å². The Kier molecular flexibility index (Phi) is 3.35. The number of aryl methyl sites for hydroxylation is 1. The van der Waals surface area contributed by atoms with Gasteiger partial charge in [-0.15, -0.1) is 6.42 Å². The van der Waals surface area contributed by atoms with E-state index in [1.807, 2.05) is 19.1 Å². The van der Waals surface area contributed by atoms with E-state index >= 15 is 0 Å². The Morgan fingerprint density at radius 3 is 2.80 bits per heavy atom. The van der Waals surface area contributed by atoms with Crippen molar-refractivity contribution in [2.75, 3.05) is 5.73 Å². The Balaban J connectivity index is 2.97. The van der Waals surface area contributed by atoms with Crippen LogP contribution in [0, 0.1) is 19.3 Å². The van der Waals surface area contributed by atoms with Crippen molar-refractivity contribution in [2.45, 2.75) is 19.9 Å². The molecule has 1 unspecified atom stereocenters.